The monoisotopic (exact) mass is 585 g/mol. The summed E-state index contributed by atoms with van der Waals surface area (Å²) in [5.74, 6) is 0.298. The minimum Gasteiger partial charge on any atom is -0.362 e. The fourth-order valence-electron chi connectivity index (χ4n) is 4.80. The summed E-state index contributed by atoms with van der Waals surface area (Å²) in [5.41, 5.74) is 5.75. The van der Waals surface area contributed by atoms with Gasteiger partial charge >= 0.3 is 0 Å². The van der Waals surface area contributed by atoms with Crippen LogP contribution < -0.4 is 15.4 Å². The van der Waals surface area contributed by atoms with Gasteiger partial charge in [0.15, 0.2) is 5.82 Å². The van der Waals surface area contributed by atoms with E-state index in [0.717, 1.165) is 27.6 Å². The highest BCUT2D eigenvalue weighted by molar-refractivity contribution is 7.85. The van der Waals surface area contributed by atoms with Crippen molar-refractivity contribution in [1.82, 2.24) is 20.2 Å². The predicted octanol–water partition coefficient (Wildman–Crippen LogP) is 6.32. The van der Waals surface area contributed by atoms with Gasteiger partial charge < -0.3 is 15.4 Å². The standard InChI is InChI=1S/C33H27N7O2S/c1-43(42)40-26-13-7-12-25(18-26)37-33(41)24-17-23(19-34-20-24)31-29-15-8-14-28(22-9-3-2-4-10-22)30(29)32(39-38-31)36-21-27-11-5-6-16-35-27/h2-20,40H,21H2,1H3,(H,36,39)(H,37,41). The van der Waals surface area contributed by atoms with Crippen molar-refractivity contribution in [3.05, 3.63) is 127 Å². The molecule has 3 N–H and O–H groups in total. The summed E-state index contributed by atoms with van der Waals surface area (Å²) in [5, 5.41) is 17.3. The molecule has 0 fully saturated rings. The molecule has 3 heterocycles. The van der Waals surface area contributed by atoms with E-state index in [0.29, 0.717) is 40.6 Å². The first-order valence-electron chi connectivity index (χ1n) is 13.5. The van der Waals surface area contributed by atoms with Gasteiger partial charge in [0.1, 0.15) is 16.7 Å². The summed E-state index contributed by atoms with van der Waals surface area (Å²) in [6, 6.07) is 30.7. The zero-order valence-corrected chi connectivity index (χ0v) is 24.0. The number of anilines is 3. The average molecular weight is 586 g/mol. The molecular formula is C33H27N7O2S. The molecule has 0 aliphatic heterocycles. The quantitative estimate of drug-likeness (QED) is 0.181. The zero-order valence-electron chi connectivity index (χ0n) is 23.2. The van der Waals surface area contributed by atoms with Gasteiger partial charge in [0.2, 0.25) is 0 Å². The maximum Gasteiger partial charge on any atom is 0.257 e. The number of rotatable bonds is 9. The maximum absolute atomic E-state index is 13.2. The Morgan fingerprint density at radius 1 is 0.814 bits per heavy atom. The summed E-state index contributed by atoms with van der Waals surface area (Å²) in [7, 11) is -1.23. The smallest absolute Gasteiger partial charge is 0.257 e. The Kier molecular flexibility index (Phi) is 8.10. The van der Waals surface area contributed by atoms with Crippen molar-refractivity contribution in [1.29, 1.82) is 0 Å². The van der Waals surface area contributed by atoms with E-state index in [1.165, 1.54) is 6.20 Å². The molecular weight excluding hydrogens is 558 g/mol. The Labute approximate surface area is 251 Å². The molecule has 43 heavy (non-hydrogen) atoms. The second-order valence-electron chi connectivity index (χ2n) is 9.72. The number of amides is 1. The van der Waals surface area contributed by atoms with Gasteiger partial charge in [0, 0.05) is 52.6 Å². The van der Waals surface area contributed by atoms with Crippen LogP contribution in [0.3, 0.4) is 0 Å². The Hall–Kier alpha value is -5.48. The van der Waals surface area contributed by atoms with Crippen LogP contribution in [0.5, 0.6) is 0 Å². The van der Waals surface area contributed by atoms with E-state index >= 15 is 0 Å². The zero-order chi connectivity index (χ0) is 29.6. The Balaban J connectivity index is 1.38. The van der Waals surface area contributed by atoms with E-state index in [4.69, 9.17) is 0 Å². The number of benzene rings is 3. The fraction of sp³-hybridized carbons (Fsp3) is 0.0606. The minimum absolute atomic E-state index is 0.333. The van der Waals surface area contributed by atoms with Gasteiger partial charge in [-0.25, -0.2) is 4.21 Å². The van der Waals surface area contributed by atoms with Crippen molar-refractivity contribution < 1.29 is 9.00 Å². The van der Waals surface area contributed by atoms with E-state index in [1.54, 1.807) is 49.0 Å². The first-order valence-corrected chi connectivity index (χ1v) is 15.1. The van der Waals surface area contributed by atoms with Crippen LogP contribution in [-0.2, 0) is 17.5 Å². The van der Waals surface area contributed by atoms with Crippen molar-refractivity contribution in [3.63, 3.8) is 0 Å². The molecule has 3 aromatic carbocycles. The third-order valence-electron chi connectivity index (χ3n) is 6.71. The molecule has 1 amide bonds. The van der Waals surface area contributed by atoms with E-state index < -0.39 is 11.0 Å². The molecule has 0 spiro atoms. The van der Waals surface area contributed by atoms with Crippen LogP contribution in [0.25, 0.3) is 33.2 Å². The normalized spacial score (nSPS) is 11.6. The van der Waals surface area contributed by atoms with Gasteiger partial charge in [-0.15, -0.1) is 10.2 Å². The third-order valence-corrected chi connectivity index (χ3v) is 7.23. The first-order chi connectivity index (χ1) is 21.0. The summed E-state index contributed by atoms with van der Waals surface area (Å²) < 4.78 is 14.4. The number of nitrogens with one attached hydrogen (secondary N) is 3. The number of nitrogens with zero attached hydrogens (tertiary/aromatic N) is 4. The molecule has 1 atom stereocenters. The lowest BCUT2D eigenvalue weighted by Gasteiger charge is -2.15. The van der Waals surface area contributed by atoms with E-state index in [1.807, 2.05) is 48.5 Å². The molecule has 0 saturated carbocycles. The highest BCUT2D eigenvalue weighted by Crippen LogP contribution is 2.37. The number of carbonyl (C=O) groups is 1. The lowest BCUT2D eigenvalue weighted by atomic mass is 9.96. The highest BCUT2D eigenvalue weighted by Gasteiger charge is 2.17. The molecule has 0 aliphatic rings. The van der Waals surface area contributed by atoms with Gasteiger partial charge in [-0.1, -0.05) is 60.7 Å². The third kappa shape index (κ3) is 6.39. The van der Waals surface area contributed by atoms with Crippen LogP contribution in [0.1, 0.15) is 16.1 Å². The predicted molar refractivity (Wildman–Crippen MR) is 172 cm³/mol. The van der Waals surface area contributed by atoms with Crippen LogP contribution in [0.15, 0.2) is 116 Å². The fourth-order valence-corrected chi connectivity index (χ4v) is 5.26. The summed E-state index contributed by atoms with van der Waals surface area (Å²) in [6.45, 7) is 0.481. The van der Waals surface area contributed by atoms with E-state index in [9.17, 15) is 9.00 Å². The molecule has 1 unspecified atom stereocenters. The van der Waals surface area contributed by atoms with Crippen LogP contribution >= 0.6 is 0 Å². The summed E-state index contributed by atoms with van der Waals surface area (Å²) >= 11 is 0. The molecule has 3 aromatic heterocycles. The SMILES string of the molecule is CS(=O)Nc1cccc(NC(=O)c2cncc(-c3nnc(NCc4ccccn4)c4c(-c5ccccc5)cccc34)c2)c1. The molecule has 0 bridgehead atoms. The van der Waals surface area contributed by atoms with Crippen molar-refractivity contribution in [2.45, 2.75) is 6.54 Å². The Morgan fingerprint density at radius 3 is 2.44 bits per heavy atom. The number of fused-ring (bicyclic) bond motifs is 1. The topological polar surface area (TPSA) is 122 Å². The Bertz CT molecular complexity index is 1940. The molecule has 9 nitrogen and oxygen atoms in total. The van der Waals surface area contributed by atoms with Gasteiger partial charge in [0.05, 0.1) is 17.8 Å². The van der Waals surface area contributed by atoms with Gasteiger partial charge in [0.25, 0.3) is 5.91 Å². The van der Waals surface area contributed by atoms with Crippen LogP contribution in [0.2, 0.25) is 0 Å². The summed E-state index contributed by atoms with van der Waals surface area (Å²) in [4.78, 5) is 22.0. The van der Waals surface area contributed by atoms with Gasteiger partial charge in [-0.05, 0) is 47.5 Å². The van der Waals surface area contributed by atoms with E-state index in [2.05, 4.69) is 53.7 Å². The molecule has 0 aliphatic carbocycles. The first kappa shape index (κ1) is 27.7. The average Bonchev–Trinajstić information content (AvgIpc) is 3.04. The lowest BCUT2D eigenvalue weighted by molar-refractivity contribution is 0.102. The Morgan fingerprint density at radius 2 is 1.63 bits per heavy atom. The number of aromatic nitrogens is 4. The summed E-state index contributed by atoms with van der Waals surface area (Å²) in [6.07, 6.45) is 6.49. The van der Waals surface area contributed by atoms with Crippen molar-refractivity contribution in [2.24, 2.45) is 0 Å². The largest absolute Gasteiger partial charge is 0.362 e. The maximum atomic E-state index is 13.2. The van der Waals surface area contributed by atoms with Crippen LogP contribution in [0, 0.1) is 0 Å². The minimum atomic E-state index is -1.23. The molecule has 6 rings (SSSR count). The van der Waals surface area contributed by atoms with E-state index in [-0.39, 0.29) is 5.91 Å². The number of carbonyl (C=O) groups excluding carboxylic acids is 1. The van der Waals surface area contributed by atoms with Gasteiger partial charge in [-0.3, -0.25) is 14.8 Å². The number of hydrogen-bond acceptors (Lipinski definition) is 7. The second kappa shape index (κ2) is 12.6. The van der Waals surface area contributed by atoms with Crippen LogP contribution in [0.4, 0.5) is 17.2 Å². The van der Waals surface area contributed by atoms with Crippen molar-refractivity contribution in [2.75, 3.05) is 21.6 Å². The highest BCUT2D eigenvalue weighted by atomic mass is 32.2. The van der Waals surface area contributed by atoms with Crippen LogP contribution in [-0.4, -0.2) is 36.5 Å². The van der Waals surface area contributed by atoms with Gasteiger partial charge in [-0.2, -0.15) is 0 Å². The molecule has 0 saturated heterocycles. The lowest BCUT2D eigenvalue weighted by Crippen LogP contribution is -2.13. The van der Waals surface area contributed by atoms with Crippen molar-refractivity contribution in [3.8, 4) is 22.4 Å². The molecule has 0 radical (unpaired) electrons. The molecule has 10 heteroatoms. The molecule has 6 aromatic rings. The molecule has 212 valence electrons. The number of pyridine rings is 2. The van der Waals surface area contributed by atoms with Crippen molar-refractivity contribution >= 4 is 44.9 Å². The second-order valence-corrected chi connectivity index (χ2v) is 10.8. The number of hydrogen-bond donors (Lipinski definition) is 3.